The minimum atomic E-state index is 0.863. The van der Waals surface area contributed by atoms with Crippen molar-refractivity contribution in [1.29, 1.82) is 0 Å². The van der Waals surface area contributed by atoms with Gasteiger partial charge in [0.1, 0.15) is 11.5 Å². The van der Waals surface area contributed by atoms with Crippen LogP contribution in [-0.2, 0) is 0 Å². The second kappa shape index (κ2) is 5.44. The van der Waals surface area contributed by atoms with E-state index in [4.69, 9.17) is 9.47 Å². The first kappa shape index (κ1) is 11.6. The predicted molar refractivity (Wildman–Crippen MR) is 71.0 cm³/mol. The largest absolute Gasteiger partial charge is 0.497 e. The normalized spacial score (nSPS) is 9.76. The Labute approximate surface area is 102 Å². The highest BCUT2D eigenvalue weighted by Crippen LogP contribution is 2.07. The highest BCUT2D eigenvalue weighted by molar-refractivity contribution is 6.67. The van der Waals surface area contributed by atoms with E-state index >= 15 is 0 Å². The molecule has 0 fully saturated rings. The highest BCUT2D eigenvalue weighted by Gasteiger charge is 2.01. The molecule has 0 spiro atoms. The molecule has 2 rings (SSSR count). The van der Waals surface area contributed by atoms with Crippen molar-refractivity contribution in [2.24, 2.45) is 0 Å². The van der Waals surface area contributed by atoms with Gasteiger partial charge in [0.15, 0.2) is 7.28 Å². The molecule has 0 aliphatic rings. The van der Waals surface area contributed by atoms with Crippen LogP contribution in [0.5, 0.6) is 11.5 Å². The molecule has 3 heteroatoms. The molecule has 1 radical (unpaired) electrons. The molecule has 0 N–H and O–H groups in total. The average molecular weight is 225 g/mol. The molecule has 85 valence electrons. The van der Waals surface area contributed by atoms with Crippen molar-refractivity contribution in [3.8, 4) is 11.5 Å². The van der Waals surface area contributed by atoms with Crippen LogP contribution in [0, 0.1) is 0 Å². The smallest absolute Gasteiger partial charge is 0.191 e. The third kappa shape index (κ3) is 3.03. The molecule has 2 aromatic carbocycles. The Balaban J connectivity index is 2.18. The van der Waals surface area contributed by atoms with Crippen molar-refractivity contribution in [1.82, 2.24) is 0 Å². The van der Waals surface area contributed by atoms with Crippen LogP contribution in [0.3, 0.4) is 0 Å². The molecule has 2 aromatic rings. The van der Waals surface area contributed by atoms with E-state index in [1.165, 1.54) is 0 Å². The van der Waals surface area contributed by atoms with Gasteiger partial charge in [0.25, 0.3) is 0 Å². The van der Waals surface area contributed by atoms with Crippen molar-refractivity contribution in [3.63, 3.8) is 0 Å². The number of benzene rings is 2. The quantitative estimate of drug-likeness (QED) is 0.731. The van der Waals surface area contributed by atoms with Crippen molar-refractivity contribution in [3.05, 3.63) is 48.5 Å². The lowest BCUT2D eigenvalue weighted by atomic mass is 9.64. The van der Waals surface area contributed by atoms with Crippen LogP contribution in [0.25, 0.3) is 0 Å². The maximum absolute atomic E-state index is 5.19. The molecule has 0 atom stereocenters. The average Bonchev–Trinajstić information content (AvgIpc) is 2.39. The van der Waals surface area contributed by atoms with Crippen LogP contribution in [0.4, 0.5) is 0 Å². The summed E-state index contributed by atoms with van der Waals surface area (Å²) in [5.41, 5.74) is 2.22. The Morgan fingerprint density at radius 3 is 1.65 bits per heavy atom. The van der Waals surface area contributed by atoms with Crippen LogP contribution < -0.4 is 20.4 Å². The Hall–Kier alpha value is -1.90. The number of ether oxygens (including phenoxy) is 2. The first-order valence-corrected chi connectivity index (χ1v) is 5.44. The molecule has 0 aromatic heterocycles. The van der Waals surface area contributed by atoms with Gasteiger partial charge in [-0.05, 0) is 24.3 Å². The number of hydrogen-bond acceptors (Lipinski definition) is 2. The van der Waals surface area contributed by atoms with Crippen molar-refractivity contribution < 1.29 is 9.47 Å². The van der Waals surface area contributed by atoms with E-state index < -0.39 is 0 Å². The fourth-order valence-corrected chi connectivity index (χ4v) is 1.66. The lowest BCUT2D eigenvalue weighted by Crippen LogP contribution is -2.26. The Kier molecular flexibility index (Phi) is 3.71. The van der Waals surface area contributed by atoms with Gasteiger partial charge in [0, 0.05) is 0 Å². The fourth-order valence-electron chi connectivity index (χ4n) is 1.66. The van der Waals surface area contributed by atoms with Crippen molar-refractivity contribution >= 4 is 18.2 Å². The minimum absolute atomic E-state index is 0.863. The molecule has 0 aliphatic heterocycles. The Morgan fingerprint density at radius 1 is 0.765 bits per heavy atom. The van der Waals surface area contributed by atoms with E-state index in [1.54, 1.807) is 14.2 Å². The third-order valence-corrected chi connectivity index (χ3v) is 2.52. The Morgan fingerprint density at radius 2 is 1.24 bits per heavy atom. The summed E-state index contributed by atoms with van der Waals surface area (Å²) in [4.78, 5) is 0. The van der Waals surface area contributed by atoms with Gasteiger partial charge >= 0.3 is 0 Å². The molecule has 17 heavy (non-hydrogen) atoms. The zero-order chi connectivity index (χ0) is 12.1. The molecular weight excluding hydrogens is 211 g/mol. The maximum atomic E-state index is 5.19. The zero-order valence-corrected chi connectivity index (χ0v) is 10.0. The summed E-state index contributed by atoms with van der Waals surface area (Å²) in [5.74, 6) is 1.73. The highest BCUT2D eigenvalue weighted by atomic mass is 16.5. The monoisotopic (exact) mass is 225 g/mol. The van der Waals surface area contributed by atoms with E-state index in [1.807, 2.05) is 48.5 Å². The first-order chi connectivity index (χ1) is 8.31. The fraction of sp³-hybridized carbons (Fsp3) is 0.143. The zero-order valence-electron chi connectivity index (χ0n) is 10.0. The van der Waals surface area contributed by atoms with Gasteiger partial charge in [-0.25, -0.2) is 0 Å². The summed E-state index contributed by atoms with van der Waals surface area (Å²) >= 11 is 0. The van der Waals surface area contributed by atoms with Crippen LogP contribution in [0.15, 0.2) is 48.5 Å². The van der Waals surface area contributed by atoms with Gasteiger partial charge in [-0.15, -0.1) is 0 Å². The van der Waals surface area contributed by atoms with Gasteiger partial charge in [-0.3, -0.25) is 0 Å². The van der Waals surface area contributed by atoms with Crippen LogP contribution in [0.2, 0.25) is 0 Å². The van der Waals surface area contributed by atoms with Gasteiger partial charge in [0.05, 0.1) is 14.2 Å². The topological polar surface area (TPSA) is 18.5 Å². The summed E-state index contributed by atoms with van der Waals surface area (Å²) < 4.78 is 10.4. The number of rotatable bonds is 4. The molecule has 0 unspecified atom stereocenters. The van der Waals surface area contributed by atoms with Crippen molar-refractivity contribution in [2.75, 3.05) is 14.2 Å². The summed E-state index contributed by atoms with van der Waals surface area (Å²) in [6.07, 6.45) is 0. The van der Waals surface area contributed by atoms with E-state index in [0.717, 1.165) is 22.4 Å². The predicted octanol–water partition coefficient (Wildman–Crippen LogP) is 1.36. The molecule has 0 heterocycles. The first-order valence-electron chi connectivity index (χ1n) is 5.44. The van der Waals surface area contributed by atoms with Gasteiger partial charge in [-0.2, -0.15) is 0 Å². The van der Waals surface area contributed by atoms with Crippen molar-refractivity contribution in [2.45, 2.75) is 0 Å². The summed E-state index contributed by atoms with van der Waals surface area (Å²) in [6.45, 7) is 0. The SMILES string of the molecule is COc1cccc([B]c2cccc(OC)c2)c1. The standard InChI is InChI=1S/C14H14BO2/c1-16-13-7-3-5-11(9-13)15-12-6-4-8-14(10-12)17-2/h3-10H,1-2H3. The molecule has 0 saturated heterocycles. The Bertz CT molecular complexity index is 452. The van der Waals surface area contributed by atoms with E-state index in [2.05, 4.69) is 7.28 Å². The van der Waals surface area contributed by atoms with Gasteiger partial charge in [-0.1, -0.05) is 35.2 Å². The maximum Gasteiger partial charge on any atom is 0.191 e. The summed E-state index contributed by atoms with van der Waals surface area (Å²) in [7, 11) is 5.43. The molecule has 0 saturated carbocycles. The lowest BCUT2D eigenvalue weighted by Gasteiger charge is -2.05. The molecule has 0 bridgehead atoms. The van der Waals surface area contributed by atoms with E-state index in [-0.39, 0.29) is 0 Å². The second-order valence-electron chi connectivity index (χ2n) is 3.70. The molecule has 2 nitrogen and oxygen atoms in total. The summed E-state index contributed by atoms with van der Waals surface area (Å²) in [6, 6.07) is 15.9. The van der Waals surface area contributed by atoms with Gasteiger partial charge < -0.3 is 9.47 Å². The number of methoxy groups -OCH3 is 2. The lowest BCUT2D eigenvalue weighted by molar-refractivity contribution is 0.415. The van der Waals surface area contributed by atoms with Crippen LogP contribution in [0.1, 0.15) is 0 Å². The van der Waals surface area contributed by atoms with Crippen LogP contribution >= 0.6 is 0 Å². The van der Waals surface area contributed by atoms with E-state index in [0.29, 0.717) is 0 Å². The molecule has 0 aliphatic carbocycles. The second-order valence-corrected chi connectivity index (χ2v) is 3.70. The minimum Gasteiger partial charge on any atom is -0.497 e. The van der Waals surface area contributed by atoms with E-state index in [9.17, 15) is 0 Å². The number of hydrogen-bond donors (Lipinski definition) is 0. The van der Waals surface area contributed by atoms with Gasteiger partial charge in [0.2, 0.25) is 0 Å². The molecule has 0 amide bonds. The van der Waals surface area contributed by atoms with Crippen LogP contribution in [-0.4, -0.2) is 21.5 Å². The third-order valence-electron chi connectivity index (χ3n) is 2.52. The summed E-state index contributed by atoms with van der Waals surface area (Å²) in [5, 5.41) is 0. The molecular formula is C14H14BO2.